The van der Waals surface area contributed by atoms with Crippen LogP contribution in [0.1, 0.15) is 18.4 Å². The molecule has 3 fully saturated rings. The monoisotopic (exact) mass is 420 g/mol. The van der Waals surface area contributed by atoms with E-state index in [-0.39, 0.29) is 5.91 Å². The smallest absolute Gasteiger partial charge is 0.243 e. The van der Waals surface area contributed by atoms with E-state index in [0.717, 1.165) is 37.7 Å². The molecule has 1 aromatic carbocycles. The Morgan fingerprint density at radius 2 is 1.48 bits per heavy atom. The summed E-state index contributed by atoms with van der Waals surface area (Å²) in [6, 6.07) is 6.99. The van der Waals surface area contributed by atoms with Crippen LogP contribution in [-0.2, 0) is 14.8 Å². The minimum absolute atomic E-state index is 0.172. The van der Waals surface area contributed by atoms with E-state index < -0.39 is 10.0 Å². The summed E-state index contributed by atoms with van der Waals surface area (Å²) >= 11 is 0. The van der Waals surface area contributed by atoms with E-state index in [1.807, 2.05) is 24.0 Å². The normalized spacial score (nSPS) is 22.7. The van der Waals surface area contributed by atoms with E-state index >= 15 is 0 Å². The Bertz CT molecular complexity index is 807. The number of amides is 1. The van der Waals surface area contributed by atoms with Crippen LogP contribution in [0.2, 0.25) is 0 Å². The van der Waals surface area contributed by atoms with Crippen molar-refractivity contribution < 1.29 is 13.2 Å². The summed E-state index contributed by atoms with van der Waals surface area (Å²) in [6.45, 7) is 9.16. The standard InChI is InChI=1S/C21H32N4O3S/c1-18-2-6-20(7-3-18)29(27,28)25-14-10-23(11-15-25)17-21(26)24-12-8-22(9-13-24)16-19-4-5-19/h2-3,6-7,19H,4-5,8-17H2,1H3. The molecule has 0 unspecified atom stereocenters. The van der Waals surface area contributed by atoms with Crippen molar-refractivity contribution in [3.05, 3.63) is 29.8 Å². The second-order valence-corrected chi connectivity index (χ2v) is 10.6. The highest BCUT2D eigenvalue weighted by molar-refractivity contribution is 7.89. The number of aryl methyl sites for hydroxylation is 1. The van der Waals surface area contributed by atoms with Crippen LogP contribution >= 0.6 is 0 Å². The van der Waals surface area contributed by atoms with E-state index in [9.17, 15) is 13.2 Å². The first kappa shape index (κ1) is 20.8. The van der Waals surface area contributed by atoms with Crippen LogP contribution in [0.3, 0.4) is 0 Å². The Labute approximate surface area is 174 Å². The molecule has 2 saturated heterocycles. The molecule has 2 heterocycles. The lowest BCUT2D eigenvalue weighted by Gasteiger charge is -2.37. The summed E-state index contributed by atoms with van der Waals surface area (Å²) in [7, 11) is -3.46. The second-order valence-electron chi connectivity index (χ2n) is 8.62. The van der Waals surface area contributed by atoms with Crippen molar-refractivity contribution in [1.82, 2.24) is 19.0 Å². The minimum atomic E-state index is -3.46. The fraction of sp³-hybridized carbons (Fsp3) is 0.667. The molecule has 4 rings (SSSR count). The molecule has 3 aliphatic rings. The van der Waals surface area contributed by atoms with Gasteiger partial charge in [0.2, 0.25) is 15.9 Å². The lowest BCUT2D eigenvalue weighted by Crippen LogP contribution is -2.54. The van der Waals surface area contributed by atoms with Gasteiger partial charge in [0.05, 0.1) is 11.4 Å². The Hall–Kier alpha value is -1.48. The van der Waals surface area contributed by atoms with Crippen LogP contribution in [0.15, 0.2) is 29.2 Å². The number of rotatable bonds is 6. The third-order valence-electron chi connectivity index (χ3n) is 6.29. The van der Waals surface area contributed by atoms with Crippen LogP contribution < -0.4 is 0 Å². The number of carbonyl (C=O) groups excluding carboxylic acids is 1. The van der Waals surface area contributed by atoms with Crippen LogP contribution in [0.4, 0.5) is 0 Å². The first-order valence-electron chi connectivity index (χ1n) is 10.7. The molecule has 1 aromatic rings. The van der Waals surface area contributed by atoms with Crippen molar-refractivity contribution in [2.75, 3.05) is 65.4 Å². The maximum atomic E-state index is 12.8. The maximum absolute atomic E-state index is 12.8. The molecule has 7 nitrogen and oxygen atoms in total. The Kier molecular flexibility index (Phi) is 6.24. The van der Waals surface area contributed by atoms with Gasteiger partial charge in [-0.05, 0) is 37.8 Å². The summed E-state index contributed by atoms with van der Waals surface area (Å²) < 4.78 is 27.2. The SMILES string of the molecule is Cc1ccc(S(=O)(=O)N2CCN(CC(=O)N3CCN(CC4CC4)CC3)CC2)cc1. The van der Waals surface area contributed by atoms with Gasteiger partial charge in [-0.1, -0.05) is 17.7 Å². The molecule has 2 aliphatic heterocycles. The number of sulfonamides is 1. The van der Waals surface area contributed by atoms with Crippen LogP contribution in [0.5, 0.6) is 0 Å². The van der Waals surface area contributed by atoms with Crippen molar-refractivity contribution in [3.8, 4) is 0 Å². The van der Waals surface area contributed by atoms with Gasteiger partial charge in [0.25, 0.3) is 0 Å². The average molecular weight is 421 g/mol. The van der Waals surface area contributed by atoms with Gasteiger partial charge >= 0.3 is 0 Å². The van der Waals surface area contributed by atoms with Gasteiger partial charge in [0.15, 0.2) is 0 Å². The lowest BCUT2D eigenvalue weighted by molar-refractivity contribution is -0.134. The number of benzene rings is 1. The molecular weight excluding hydrogens is 388 g/mol. The average Bonchev–Trinajstić information content (AvgIpc) is 3.53. The molecule has 0 N–H and O–H groups in total. The van der Waals surface area contributed by atoms with E-state index in [0.29, 0.717) is 37.6 Å². The van der Waals surface area contributed by atoms with Crippen LogP contribution in [-0.4, -0.2) is 98.8 Å². The van der Waals surface area contributed by atoms with Gasteiger partial charge in [-0.25, -0.2) is 8.42 Å². The predicted octanol–water partition coefficient (Wildman–Crippen LogP) is 0.856. The Morgan fingerprint density at radius 1 is 0.897 bits per heavy atom. The van der Waals surface area contributed by atoms with Crippen molar-refractivity contribution in [2.45, 2.75) is 24.7 Å². The highest BCUT2D eigenvalue weighted by Crippen LogP contribution is 2.29. The van der Waals surface area contributed by atoms with Crippen molar-refractivity contribution >= 4 is 15.9 Å². The number of nitrogens with zero attached hydrogens (tertiary/aromatic N) is 4. The summed E-state index contributed by atoms with van der Waals surface area (Å²) in [5, 5.41) is 0. The maximum Gasteiger partial charge on any atom is 0.243 e. The summed E-state index contributed by atoms with van der Waals surface area (Å²) in [5.41, 5.74) is 1.04. The van der Waals surface area contributed by atoms with Crippen LogP contribution in [0, 0.1) is 12.8 Å². The van der Waals surface area contributed by atoms with Gasteiger partial charge in [-0.3, -0.25) is 14.6 Å². The summed E-state index contributed by atoms with van der Waals surface area (Å²) in [4.78, 5) is 19.6. The van der Waals surface area contributed by atoms with Gasteiger partial charge in [-0.2, -0.15) is 4.31 Å². The molecule has 1 saturated carbocycles. The van der Waals surface area contributed by atoms with Crippen molar-refractivity contribution in [1.29, 1.82) is 0 Å². The molecule has 29 heavy (non-hydrogen) atoms. The topological polar surface area (TPSA) is 64.2 Å². The second kappa shape index (κ2) is 8.71. The van der Waals surface area contributed by atoms with Gasteiger partial charge < -0.3 is 4.90 Å². The molecule has 160 valence electrons. The molecular formula is C21H32N4O3S. The Morgan fingerprint density at radius 3 is 2.07 bits per heavy atom. The van der Waals surface area contributed by atoms with E-state index in [2.05, 4.69) is 9.80 Å². The van der Waals surface area contributed by atoms with Gasteiger partial charge in [0, 0.05) is 58.9 Å². The third kappa shape index (κ3) is 5.17. The number of hydrogen-bond acceptors (Lipinski definition) is 5. The van der Waals surface area contributed by atoms with E-state index in [1.165, 1.54) is 23.7 Å². The molecule has 1 amide bonds. The van der Waals surface area contributed by atoms with Crippen LogP contribution in [0.25, 0.3) is 0 Å². The third-order valence-corrected chi connectivity index (χ3v) is 8.20. The van der Waals surface area contributed by atoms with Gasteiger partial charge in [0.1, 0.15) is 0 Å². The first-order valence-corrected chi connectivity index (χ1v) is 12.1. The number of piperazine rings is 2. The molecule has 0 aromatic heterocycles. The zero-order valence-electron chi connectivity index (χ0n) is 17.3. The quantitative estimate of drug-likeness (QED) is 0.683. The highest BCUT2D eigenvalue weighted by Gasteiger charge is 2.31. The van der Waals surface area contributed by atoms with E-state index in [1.54, 1.807) is 12.1 Å². The molecule has 8 heteroatoms. The zero-order chi connectivity index (χ0) is 20.4. The largest absolute Gasteiger partial charge is 0.339 e. The first-order chi connectivity index (χ1) is 13.9. The zero-order valence-corrected chi connectivity index (χ0v) is 18.1. The molecule has 0 atom stereocenters. The fourth-order valence-corrected chi connectivity index (χ4v) is 5.55. The predicted molar refractivity (Wildman–Crippen MR) is 112 cm³/mol. The number of hydrogen-bond donors (Lipinski definition) is 0. The Balaban J connectivity index is 1.23. The number of carbonyl (C=O) groups is 1. The van der Waals surface area contributed by atoms with E-state index in [4.69, 9.17) is 0 Å². The van der Waals surface area contributed by atoms with Gasteiger partial charge in [-0.15, -0.1) is 0 Å². The highest BCUT2D eigenvalue weighted by atomic mass is 32.2. The van der Waals surface area contributed by atoms with Crippen molar-refractivity contribution in [2.24, 2.45) is 5.92 Å². The molecule has 1 aliphatic carbocycles. The minimum Gasteiger partial charge on any atom is -0.339 e. The molecule has 0 radical (unpaired) electrons. The van der Waals surface area contributed by atoms with Crippen molar-refractivity contribution in [3.63, 3.8) is 0 Å². The molecule has 0 bridgehead atoms. The summed E-state index contributed by atoms with van der Waals surface area (Å²) in [6.07, 6.45) is 2.73. The fourth-order valence-electron chi connectivity index (χ4n) is 4.12. The molecule has 0 spiro atoms. The summed E-state index contributed by atoms with van der Waals surface area (Å²) in [5.74, 6) is 1.07. The lowest BCUT2D eigenvalue weighted by atomic mass is 10.2.